The molecule has 1 aromatic heterocycles. The number of amides is 2. The lowest BCUT2D eigenvalue weighted by atomic mass is 9.96. The average Bonchev–Trinajstić information content (AvgIpc) is 3.81. The minimum absolute atomic E-state index is 0.153. The lowest BCUT2D eigenvalue weighted by Crippen LogP contribution is -2.46. The van der Waals surface area contributed by atoms with E-state index in [0.29, 0.717) is 18.4 Å². The molecule has 7 rings (SSSR count). The summed E-state index contributed by atoms with van der Waals surface area (Å²) in [4.78, 5) is 38.2. The predicted octanol–water partition coefficient (Wildman–Crippen LogP) is 4.60. The number of nitrogens with zero attached hydrogens (tertiary/aromatic N) is 3. The summed E-state index contributed by atoms with van der Waals surface area (Å²) in [6.45, 7) is 2.28. The number of aliphatic imine (C=N–C) groups is 1. The van der Waals surface area contributed by atoms with Gasteiger partial charge in [0, 0.05) is 42.8 Å². The van der Waals surface area contributed by atoms with Gasteiger partial charge in [-0.3, -0.25) is 19.5 Å². The monoisotopic (exact) mass is 466 g/mol. The number of carbonyl (C=O) groups excluding carboxylic acids is 2. The van der Waals surface area contributed by atoms with Gasteiger partial charge in [0.05, 0.1) is 0 Å². The van der Waals surface area contributed by atoms with Crippen LogP contribution in [-0.2, 0) is 9.59 Å². The van der Waals surface area contributed by atoms with Crippen molar-refractivity contribution in [2.75, 3.05) is 19.6 Å². The van der Waals surface area contributed by atoms with Crippen molar-refractivity contribution in [1.82, 2.24) is 14.8 Å². The topological polar surface area (TPSA) is 68.8 Å². The lowest BCUT2D eigenvalue weighted by molar-refractivity contribution is -0.134. The summed E-state index contributed by atoms with van der Waals surface area (Å²) in [7, 11) is 0. The van der Waals surface area contributed by atoms with Gasteiger partial charge in [-0.25, -0.2) is 0 Å². The number of hydrogen-bond acceptors (Lipinski definition) is 3. The number of carbonyl (C=O) groups is 2. The molecule has 3 aromatic rings. The zero-order valence-electron chi connectivity index (χ0n) is 19.9. The number of fused-ring (bicyclic) bond motifs is 1. The lowest BCUT2D eigenvalue weighted by Gasteiger charge is -2.35. The third-order valence-corrected chi connectivity index (χ3v) is 8.17. The van der Waals surface area contributed by atoms with E-state index < -0.39 is 5.54 Å². The Morgan fingerprint density at radius 3 is 2.54 bits per heavy atom. The van der Waals surface area contributed by atoms with Crippen LogP contribution in [0.5, 0.6) is 0 Å². The molecule has 2 aliphatic heterocycles. The molecule has 6 nitrogen and oxygen atoms in total. The largest absolute Gasteiger partial charge is 0.361 e. The predicted molar refractivity (Wildman–Crippen MR) is 136 cm³/mol. The van der Waals surface area contributed by atoms with Crippen LogP contribution in [0.4, 0.5) is 0 Å². The Kier molecular flexibility index (Phi) is 4.66. The number of likely N-dealkylation sites (tertiary alicyclic amines) is 1. The van der Waals surface area contributed by atoms with Crippen LogP contribution < -0.4 is 0 Å². The van der Waals surface area contributed by atoms with Crippen molar-refractivity contribution in [2.45, 2.75) is 44.1 Å². The first-order chi connectivity index (χ1) is 17.1. The van der Waals surface area contributed by atoms with Gasteiger partial charge in [0.2, 0.25) is 5.91 Å². The van der Waals surface area contributed by atoms with E-state index in [9.17, 15) is 9.59 Å². The second kappa shape index (κ2) is 7.80. The third kappa shape index (κ3) is 3.67. The Labute approximate surface area is 205 Å². The highest BCUT2D eigenvalue weighted by atomic mass is 16.2. The molecule has 2 saturated carbocycles. The van der Waals surface area contributed by atoms with Crippen LogP contribution in [-0.4, -0.2) is 57.6 Å². The van der Waals surface area contributed by atoms with Crippen LogP contribution >= 0.6 is 0 Å². The molecule has 2 amide bonds. The fourth-order valence-corrected chi connectivity index (χ4v) is 5.80. The molecule has 3 heterocycles. The molecule has 1 N–H and O–H groups in total. The highest BCUT2D eigenvalue weighted by Gasteiger charge is 2.57. The van der Waals surface area contributed by atoms with Crippen LogP contribution in [0.25, 0.3) is 22.0 Å². The van der Waals surface area contributed by atoms with Gasteiger partial charge in [0.25, 0.3) is 5.91 Å². The van der Waals surface area contributed by atoms with Crippen molar-refractivity contribution in [3.63, 3.8) is 0 Å². The standard InChI is InChI=1S/C29H30N4O2/c34-27(22-7-8-22)32-15-1-2-19(17-32)18-33-26(31-29(12-13-29)28(33)35)21-5-3-20(4-6-21)23-9-10-25-24(16-23)11-14-30-25/h3-6,9-11,14,16,19,22,30H,1-2,7-8,12-13,15,17-18H2. The van der Waals surface area contributed by atoms with Gasteiger partial charge in [-0.15, -0.1) is 0 Å². The Hall–Kier alpha value is -3.41. The zero-order chi connectivity index (χ0) is 23.6. The number of aromatic nitrogens is 1. The summed E-state index contributed by atoms with van der Waals surface area (Å²) in [6.07, 6.45) is 7.80. The number of H-pyrrole nitrogens is 1. The van der Waals surface area contributed by atoms with Gasteiger partial charge in [0.15, 0.2) is 0 Å². The summed E-state index contributed by atoms with van der Waals surface area (Å²) < 4.78 is 0. The summed E-state index contributed by atoms with van der Waals surface area (Å²) in [5.41, 5.74) is 3.93. The van der Waals surface area contributed by atoms with E-state index in [1.165, 1.54) is 10.9 Å². The molecular weight excluding hydrogens is 436 g/mol. The Morgan fingerprint density at radius 2 is 1.77 bits per heavy atom. The van der Waals surface area contributed by atoms with Gasteiger partial charge in [-0.05, 0) is 79.2 Å². The van der Waals surface area contributed by atoms with Gasteiger partial charge in [-0.2, -0.15) is 0 Å². The molecule has 35 heavy (non-hydrogen) atoms. The molecular formula is C29H30N4O2. The van der Waals surface area contributed by atoms with E-state index in [2.05, 4.69) is 53.5 Å². The van der Waals surface area contributed by atoms with Gasteiger partial charge >= 0.3 is 0 Å². The molecule has 1 saturated heterocycles. The molecule has 178 valence electrons. The first-order valence-electron chi connectivity index (χ1n) is 13.0. The van der Waals surface area contributed by atoms with Crippen molar-refractivity contribution in [3.05, 3.63) is 60.3 Å². The Bertz CT molecular complexity index is 1350. The van der Waals surface area contributed by atoms with Crippen molar-refractivity contribution >= 4 is 28.6 Å². The molecule has 1 spiro atoms. The second-order valence-electron chi connectivity index (χ2n) is 10.8. The quantitative estimate of drug-likeness (QED) is 0.597. The maximum absolute atomic E-state index is 13.4. The second-order valence-corrected chi connectivity index (χ2v) is 10.8. The number of benzene rings is 2. The number of nitrogens with one attached hydrogen (secondary N) is 1. The van der Waals surface area contributed by atoms with Gasteiger partial charge in [-0.1, -0.05) is 30.3 Å². The highest BCUT2D eigenvalue weighted by molar-refractivity contribution is 6.16. The molecule has 1 atom stereocenters. The van der Waals surface area contributed by atoms with E-state index >= 15 is 0 Å². The fourth-order valence-electron chi connectivity index (χ4n) is 5.80. The molecule has 3 fully saturated rings. The molecule has 4 aliphatic rings. The summed E-state index contributed by atoms with van der Waals surface area (Å²) in [5.74, 6) is 1.85. The van der Waals surface area contributed by atoms with E-state index in [-0.39, 0.29) is 11.8 Å². The highest BCUT2D eigenvalue weighted by Crippen LogP contribution is 2.46. The van der Waals surface area contributed by atoms with Crippen LogP contribution in [0.3, 0.4) is 0 Å². The van der Waals surface area contributed by atoms with E-state index in [1.807, 2.05) is 16.0 Å². The van der Waals surface area contributed by atoms with Crippen LogP contribution in [0.2, 0.25) is 0 Å². The van der Waals surface area contributed by atoms with Crippen LogP contribution in [0, 0.1) is 11.8 Å². The Balaban J connectivity index is 1.12. The minimum Gasteiger partial charge on any atom is -0.361 e. The molecule has 2 aromatic carbocycles. The summed E-state index contributed by atoms with van der Waals surface area (Å²) >= 11 is 0. The smallest absolute Gasteiger partial charge is 0.256 e. The number of piperidine rings is 1. The minimum atomic E-state index is -0.522. The third-order valence-electron chi connectivity index (χ3n) is 8.17. The molecule has 2 aliphatic carbocycles. The summed E-state index contributed by atoms with van der Waals surface area (Å²) in [5, 5.41) is 1.20. The van der Waals surface area contributed by atoms with Crippen LogP contribution in [0.1, 0.15) is 44.1 Å². The van der Waals surface area contributed by atoms with Crippen molar-refractivity contribution in [3.8, 4) is 11.1 Å². The van der Waals surface area contributed by atoms with Gasteiger partial charge < -0.3 is 9.88 Å². The molecule has 6 heteroatoms. The average molecular weight is 467 g/mol. The molecule has 0 bridgehead atoms. The number of aromatic amines is 1. The number of rotatable bonds is 5. The Morgan fingerprint density at radius 1 is 1.00 bits per heavy atom. The fraction of sp³-hybridized carbons (Fsp3) is 0.414. The van der Waals surface area contributed by atoms with Crippen molar-refractivity contribution in [2.24, 2.45) is 16.8 Å². The van der Waals surface area contributed by atoms with E-state index in [4.69, 9.17) is 4.99 Å². The van der Waals surface area contributed by atoms with E-state index in [1.54, 1.807) is 0 Å². The molecule has 0 radical (unpaired) electrons. The van der Waals surface area contributed by atoms with E-state index in [0.717, 1.165) is 74.1 Å². The normalized spacial score (nSPS) is 23.3. The molecule has 1 unspecified atom stereocenters. The maximum atomic E-state index is 13.4. The van der Waals surface area contributed by atoms with Crippen molar-refractivity contribution in [1.29, 1.82) is 0 Å². The van der Waals surface area contributed by atoms with Crippen LogP contribution in [0.15, 0.2) is 59.7 Å². The number of hydrogen-bond donors (Lipinski definition) is 1. The maximum Gasteiger partial charge on any atom is 0.256 e. The first kappa shape index (κ1) is 20.9. The first-order valence-corrected chi connectivity index (χ1v) is 13.0. The van der Waals surface area contributed by atoms with Gasteiger partial charge in [0.1, 0.15) is 11.4 Å². The summed E-state index contributed by atoms with van der Waals surface area (Å²) in [6, 6.07) is 17.0. The van der Waals surface area contributed by atoms with Crippen molar-refractivity contribution < 1.29 is 9.59 Å². The zero-order valence-corrected chi connectivity index (χ0v) is 19.9. The number of amidine groups is 1. The SMILES string of the molecule is O=C(C1CC1)N1CCCC(CN2C(=O)C3(CC3)N=C2c2ccc(-c3ccc4[nH]ccc4c3)cc2)C1.